The van der Waals surface area contributed by atoms with Gasteiger partial charge >= 0.3 is 5.97 Å². The molecule has 2 heterocycles. The van der Waals surface area contributed by atoms with Gasteiger partial charge in [-0.05, 0) is 25.5 Å². The van der Waals surface area contributed by atoms with Gasteiger partial charge in [0, 0.05) is 23.1 Å². The molecule has 0 aliphatic rings. The maximum atomic E-state index is 11.0. The lowest BCUT2D eigenvalue weighted by atomic mass is 10.0. The van der Waals surface area contributed by atoms with Gasteiger partial charge in [-0.15, -0.1) is 11.3 Å². The van der Waals surface area contributed by atoms with Gasteiger partial charge < -0.3 is 5.11 Å². The highest BCUT2D eigenvalue weighted by Crippen LogP contribution is 2.34. The summed E-state index contributed by atoms with van der Waals surface area (Å²) in [6, 6.07) is 1.70. The molecule has 0 unspecified atom stereocenters. The van der Waals surface area contributed by atoms with E-state index >= 15 is 0 Å². The summed E-state index contributed by atoms with van der Waals surface area (Å²) in [5, 5.41) is 13.3. The van der Waals surface area contributed by atoms with Crippen molar-refractivity contribution in [3.63, 3.8) is 0 Å². The van der Waals surface area contributed by atoms with Crippen molar-refractivity contribution in [1.29, 1.82) is 0 Å². The van der Waals surface area contributed by atoms with E-state index in [9.17, 15) is 4.79 Å². The van der Waals surface area contributed by atoms with Crippen LogP contribution in [0.15, 0.2) is 18.8 Å². The number of carbonyl (C=O) groups is 1. The highest BCUT2D eigenvalue weighted by atomic mass is 32.1. The second kappa shape index (κ2) is 4.42. The number of hydrogen-bond donors (Lipinski definition) is 1. The zero-order chi connectivity index (χ0) is 13.4. The SMILES string of the molecule is C=C(C)c1cnn(C)c1-c1cc(C(=O)O)sc1C. The van der Waals surface area contributed by atoms with Crippen molar-refractivity contribution >= 4 is 22.9 Å². The first-order chi connectivity index (χ1) is 8.41. The van der Waals surface area contributed by atoms with Crippen molar-refractivity contribution in [3.8, 4) is 11.3 Å². The Hall–Kier alpha value is -1.88. The quantitative estimate of drug-likeness (QED) is 0.924. The minimum atomic E-state index is -0.895. The molecule has 0 aromatic carbocycles. The second-order valence-electron chi connectivity index (χ2n) is 4.20. The van der Waals surface area contributed by atoms with Gasteiger partial charge in [0.05, 0.1) is 11.9 Å². The van der Waals surface area contributed by atoms with E-state index in [-0.39, 0.29) is 0 Å². The monoisotopic (exact) mass is 262 g/mol. The van der Waals surface area contributed by atoms with E-state index in [4.69, 9.17) is 5.11 Å². The number of allylic oxidation sites excluding steroid dienone is 1. The van der Waals surface area contributed by atoms with Crippen molar-refractivity contribution in [2.24, 2.45) is 7.05 Å². The number of carboxylic acid groups (broad SMARTS) is 1. The molecule has 94 valence electrons. The summed E-state index contributed by atoms with van der Waals surface area (Å²) >= 11 is 1.28. The minimum Gasteiger partial charge on any atom is -0.477 e. The summed E-state index contributed by atoms with van der Waals surface area (Å²) in [6.07, 6.45) is 1.76. The van der Waals surface area contributed by atoms with E-state index in [0.717, 1.165) is 27.3 Å². The van der Waals surface area contributed by atoms with Crippen LogP contribution in [0, 0.1) is 6.92 Å². The first-order valence-corrected chi connectivity index (χ1v) is 6.25. The van der Waals surface area contributed by atoms with Gasteiger partial charge in [0.25, 0.3) is 0 Å². The molecule has 18 heavy (non-hydrogen) atoms. The van der Waals surface area contributed by atoms with Crippen LogP contribution >= 0.6 is 11.3 Å². The number of thiophene rings is 1. The molecular weight excluding hydrogens is 248 g/mol. The van der Waals surface area contributed by atoms with Crippen LogP contribution in [0.2, 0.25) is 0 Å². The molecular formula is C13H14N2O2S. The largest absolute Gasteiger partial charge is 0.477 e. The van der Waals surface area contributed by atoms with E-state index in [1.807, 2.05) is 20.9 Å². The Morgan fingerprint density at radius 1 is 1.56 bits per heavy atom. The molecule has 0 amide bonds. The number of aromatic carboxylic acids is 1. The molecule has 0 aliphatic carbocycles. The number of aromatic nitrogens is 2. The normalized spacial score (nSPS) is 10.6. The molecule has 0 spiro atoms. The molecule has 0 radical (unpaired) electrons. The summed E-state index contributed by atoms with van der Waals surface area (Å²) in [5.41, 5.74) is 3.70. The molecule has 0 atom stereocenters. The van der Waals surface area contributed by atoms with Crippen LogP contribution in [0.1, 0.15) is 27.0 Å². The first kappa shape index (κ1) is 12.6. The van der Waals surface area contributed by atoms with Gasteiger partial charge in [-0.1, -0.05) is 6.58 Å². The molecule has 0 saturated carbocycles. The standard InChI is InChI=1S/C13H14N2O2S/c1-7(2)10-6-14-15(4)12(10)9-5-11(13(16)17)18-8(9)3/h5-6H,1H2,2-4H3,(H,16,17). The van der Waals surface area contributed by atoms with Crippen molar-refractivity contribution < 1.29 is 9.90 Å². The molecule has 0 saturated heterocycles. The summed E-state index contributed by atoms with van der Waals surface area (Å²) in [5.74, 6) is -0.895. The molecule has 0 bridgehead atoms. The molecule has 4 nitrogen and oxygen atoms in total. The second-order valence-corrected chi connectivity index (χ2v) is 5.45. The number of aryl methyl sites for hydroxylation is 2. The Kier molecular flexibility index (Phi) is 3.09. The number of carboxylic acids is 1. The molecule has 5 heteroatoms. The molecule has 0 aliphatic heterocycles. The van der Waals surface area contributed by atoms with Gasteiger partial charge in [-0.2, -0.15) is 5.10 Å². The minimum absolute atomic E-state index is 0.344. The first-order valence-electron chi connectivity index (χ1n) is 5.43. The van der Waals surface area contributed by atoms with Crippen molar-refractivity contribution in [2.75, 3.05) is 0 Å². The Morgan fingerprint density at radius 3 is 2.72 bits per heavy atom. The van der Waals surface area contributed by atoms with E-state index in [1.165, 1.54) is 11.3 Å². The van der Waals surface area contributed by atoms with Gasteiger partial charge in [0.2, 0.25) is 0 Å². The molecule has 0 fully saturated rings. The summed E-state index contributed by atoms with van der Waals surface area (Å²) < 4.78 is 1.75. The summed E-state index contributed by atoms with van der Waals surface area (Å²) in [6.45, 7) is 7.77. The van der Waals surface area contributed by atoms with E-state index in [1.54, 1.807) is 16.9 Å². The number of rotatable bonds is 3. The lowest BCUT2D eigenvalue weighted by Gasteiger charge is -2.05. The molecule has 2 rings (SSSR count). The van der Waals surface area contributed by atoms with Crippen LogP contribution < -0.4 is 0 Å². The van der Waals surface area contributed by atoms with Crippen LogP contribution in [0.3, 0.4) is 0 Å². The van der Waals surface area contributed by atoms with Gasteiger partial charge in [0.15, 0.2) is 0 Å². The predicted molar refractivity (Wildman–Crippen MR) is 72.9 cm³/mol. The number of nitrogens with zero attached hydrogens (tertiary/aromatic N) is 2. The average Bonchev–Trinajstić information content (AvgIpc) is 2.81. The van der Waals surface area contributed by atoms with Crippen molar-refractivity contribution in [3.05, 3.63) is 34.2 Å². The maximum Gasteiger partial charge on any atom is 0.345 e. The van der Waals surface area contributed by atoms with Gasteiger partial charge in [-0.25, -0.2) is 4.79 Å². The maximum absolute atomic E-state index is 11.0. The molecule has 2 aromatic rings. The fraction of sp³-hybridized carbons (Fsp3) is 0.231. The smallest absolute Gasteiger partial charge is 0.345 e. The van der Waals surface area contributed by atoms with Crippen molar-refractivity contribution in [2.45, 2.75) is 13.8 Å². The van der Waals surface area contributed by atoms with Gasteiger partial charge in [0.1, 0.15) is 4.88 Å². The van der Waals surface area contributed by atoms with Crippen LogP contribution in [0.5, 0.6) is 0 Å². The van der Waals surface area contributed by atoms with Crippen LogP contribution in [-0.4, -0.2) is 20.9 Å². The third-order valence-electron chi connectivity index (χ3n) is 2.78. The van der Waals surface area contributed by atoms with Gasteiger partial charge in [-0.3, -0.25) is 4.68 Å². The van der Waals surface area contributed by atoms with Crippen molar-refractivity contribution in [1.82, 2.24) is 9.78 Å². The average molecular weight is 262 g/mol. The van der Waals surface area contributed by atoms with Crippen LogP contribution in [0.4, 0.5) is 0 Å². The molecule has 1 N–H and O–H groups in total. The predicted octanol–water partition coefficient (Wildman–Crippen LogP) is 3.19. The Morgan fingerprint density at radius 2 is 2.22 bits per heavy atom. The summed E-state index contributed by atoms with van der Waals surface area (Å²) in [4.78, 5) is 12.3. The fourth-order valence-electron chi connectivity index (χ4n) is 1.89. The number of hydrogen-bond acceptors (Lipinski definition) is 3. The van der Waals surface area contributed by atoms with E-state index < -0.39 is 5.97 Å². The molecule has 2 aromatic heterocycles. The van der Waals surface area contributed by atoms with E-state index in [2.05, 4.69) is 11.7 Å². The lowest BCUT2D eigenvalue weighted by Crippen LogP contribution is -1.95. The zero-order valence-corrected chi connectivity index (χ0v) is 11.3. The zero-order valence-electron chi connectivity index (χ0n) is 10.5. The van der Waals surface area contributed by atoms with Crippen LogP contribution in [0.25, 0.3) is 16.8 Å². The highest BCUT2D eigenvalue weighted by Gasteiger charge is 2.18. The Labute approximate surface area is 109 Å². The van der Waals surface area contributed by atoms with E-state index in [0.29, 0.717) is 4.88 Å². The summed E-state index contributed by atoms with van der Waals surface area (Å²) in [7, 11) is 1.85. The fourth-order valence-corrected chi connectivity index (χ4v) is 2.75. The third kappa shape index (κ3) is 1.97. The lowest BCUT2D eigenvalue weighted by molar-refractivity contribution is 0.0702. The Balaban J connectivity index is 2.65. The third-order valence-corrected chi connectivity index (χ3v) is 3.82. The van der Waals surface area contributed by atoms with Crippen LogP contribution in [-0.2, 0) is 7.05 Å². The highest BCUT2D eigenvalue weighted by molar-refractivity contribution is 7.14. The Bertz CT molecular complexity index is 637. The topological polar surface area (TPSA) is 55.1 Å².